The van der Waals surface area contributed by atoms with Crippen LogP contribution in [0.1, 0.15) is 26.2 Å². The minimum Gasteiger partial charge on any atom is -0.320 e. The van der Waals surface area contributed by atoms with Crippen molar-refractivity contribution in [3.8, 4) is 0 Å². The van der Waals surface area contributed by atoms with Gasteiger partial charge in [-0.1, -0.05) is 6.92 Å². The molecule has 0 unspecified atom stereocenters. The summed E-state index contributed by atoms with van der Waals surface area (Å²) in [6.07, 6.45) is 3.48. The van der Waals surface area contributed by atoms with Gasteiger partial charge in [-0.15, -0.1) is 0 Å². The molecule has 0 saturated carbocycles. The molecule has 0 aliphatic heterocycles. The summed E-state index contributed by atoms with van der Waals surface area (Å²) in [4.78, 5) is 0. The maximum absolute atomic E-state index is 3.33. The largest absolute Gasteiger partial charge is 0.320 e. The second-order valence-corrected chi connectivity index (χ2v) is 3.14. The van der Waals surface area contributed by atoms with Gasteiger partial charge in [0.15, 0.2) is 0 Å². The normalized spacial score (nSPS) is 12.0. The van der Waals surface area contributed by atoms with E-state index in [1.165, 1.54) is 6.42 Å². The zero-order valence-electron chi connectivity index (χ0n) is 8.83. The van der Waals surface area contributed by atoms with Gasteiger partial charge in [0.1, 0.15) is 0 Å². The third-order valence-corrected chi connectivity index (χ3v) is 2.59. The molecule has 0 aromatic heterocycles. The maximum Gasteiger partial charge on any atom is 0.0680 e. The minimum absolute atomic E-state index is 0.136. The molecule has 0 saturated heterocycles. The number of hydrogen-bond acceptors (Lipinski definition) is 3. The van der Waals surface area contributed by atoms with Crippen molar-refractivity contribution >= 4 is 0 Å². The van der Waals surface area contributed by atoms with Gasteiger partial charge in [0.2, 0.25) is 0 Å². The number of hydrogen-bond donors (Lipinski definition) is 3. The van der Waals surface area contributed by atoms with Crippen LogP contribution in [0.4, 0.5) is 0 Å². The molecule has 0 bridgehead atoms. The summed E-state index contributed by atoms with van der Waals surface area (Å²) in [5.74, 6) is 0. The van der Waals surface area contributed by atoms with Crippen molar-refractivity contribution in [2.45, 2.75) is 31.8 Å². The third kappa shape index (κ3) is 3.52. The molecule has 0 spiro atoms. The molecule has 0 amide bonds. The molecule has 0 fully saturated rings. The standard InChI is InChI=1S/C9H23N3/c1-5-9(11-3,12-4)7-6-8-10-2/h10-12H,5-8H2,1-4H3. The highest BCUT2D eigenvalue weighted by molar-refractivity contribution is 4.80. The summed E-state index contributed by atoms with van der Waals surface area (Å²) >= 11 is 0. The van der Waals surface area contributed by atoms with Crippen molar-refractivity contribution in [3.63, 3.8) is 0 Å². The molecule has 0 radical (unpaired) electrons. The highest BCUT2D eigenvalue weighted by Crippen LogP contribution is 2.11. The Morgan fingerprint density at radius 1 is 1.08 bits per heavy atom. The van der Waals surface area contributed by atoms with Crippen molar-refractivity contribution in [2.24, 2.45) is 0 Å². The number of rotatable bonds is 7. The molecule has 12 heavy (non-hydrogen) atoms. The van der Waals surface area contributed by atoms with Crippen LogP contribution < -0.4 is 16.0 Å². The lowest BCUT2D eigenvalue weighted by molar-refractivity contribution is 0.257. The number of nitrogens with one attached hydrogen (secondary N) is 3. The van der Waals surface area contributed by atoms with Gasteiger partial charge in [-0.25, -0.2) is 0 Å². The predicted octanol–water partition coefficient (Wildman–Crippen LogP) is 0.531. The van der Waals surface area contributed by atoms with E-state index in [0.29, 0.717) is 0 Å². The molecule has 0 aliphatic carbocycles. The summed E-state index contributed by atoms with van der Waals surface area (Å²) in [5.41, 5.74) is 0.136. The van der Waals surface area contributed by atoms with E-state index in [0.717, 1.165) is 19.4 Å². The zero-order valence-corrected chi connectivity index (χ0v) is 8.83. The van der Waals surface area contributed by atoms with E-state index < -0.39 is 0 Å². The zero-order chi connectivity index (χ0) is 9.45. The molecule has 0 atom stereocenters. The summed E-state index contributed by atoms with van der Waals surface area (Å²) in [6, 6.07) is 0. The van der Waals surface area contributed by atoms with Gasteiger partial charge in [-0.3, -0.25) is 0 Å². The molecule has 0 rings (SSSR count). The first-order valence-corrected chi connectivity index (χ1v) is 4.77. The SMILES string of the molecule is CCC(CCCNC)(NC)NC. The Morgan fingerprint density at radius 3 is 2.00 bits per heavy atom. The van der Waals surface area contributed by atoms with Crippen LogP contribution >= 0.6 is 0 Å². The molecule has 3 heteroatoms. The second kappa shape index (κ2) is 6.40. The maximum atomic E-state index is 3.33. The van der Waals surface area contributed by atoms with E-state index in [-0.39, 0.29) is 5.66 Å². The van der Waals surface area contributed by atoms with Crippen molar-refractivity contribution < 1.29 is 0 Å². The van der Waals surface area contributed by atoms with Gasteiger partial charge >= 0.3 is 0 Å². The quantitative estimate of drug-likeness (QED) is 0.388. The van der Waals surface area contributed by atoms with Gasteiger partial charge in [0, 0.05) is 0 Å². The fraction of sp³-hybridized carbons (Fsp3) is 1.00. The van der Waals surface area contributed by atoms with Crippen LogP contribution in [-0.2, 0) is 0 Å². The van der Waals surface area contributed by atoms with E-state index in [4.69, 9.17) is 0 Å². The molecule has 0 heterocycles. The van der Waals surface area contributed by atoms with Crippen molar-refractivity contribution in [1.29, 1.82) is 0 Å². The lowest BCUT2D eigenvalue weighted by Gasteiger charge is -2.32. The van der Waals surface area contributed by atoms with Gasteiger partial charge in [0.25, 0.3) is 0 Å². The monoisotopic (exact) mass is 173 g/mol. The van der Waals surface area contributed by atoms with Gasteiger partial charge < -0.3 is 16.0 Å². The Kier molecular flexibility index (Phi) is 6.34. The van der Waals surface area contributed by atoms with Crippen molar-refractivity contribution in [3.05, 3.63) is 0 Å². The Bertz CT molecular complexity index is 91.7. The summed E-state index contributed by atoms with van der Waals surface area (Å²) in [7, 11) is 6.02. The first-order chi connectivity index (χ1) is 5.74. The summed E-state index contributed by atoms with van der Waals surface area (Å²) in [5, 5.41) is 9.83. The Labute approximate surface area is 76.3 Å². The molecule has 0 aromatic carbocycles. The van der Waals surface area contributed by atoms with Crippen LogP contribution in [0.15, 0.2) is 0 Å². The van der Waals surface area contributed by atoms with E-state index >= 15 is 0 Å². The predicted molar refractivity (Wildman–Crippen MR) is 54.3 cm³/mol. The van der Waals surface area contributed by atoms with Crippen LogP contribution in [0, 0.1) is 0 Å². The molecule has 0 aliphatic rings. The second-order valence-electron chi connectivity index (χ2n) is 3.14. The van der Waals surface area contributed by atoms with Gasteiger partial charge in [0.05, 0.1) is 5.66 Å². The fourth-order valence-electron chi connectivity index (χ4n) is 1.47. The van der Waals surface area contributed by atoms with Crippen LogP contribution in [0.25, 0.3) is 0 Å². The topological polar surface area (TPSA) is 36.1 Å². The summed E-state index contributed by atoms with van der Waals surface area (Å²) < 4.78 is 0. The highest BCUT2D eigenvalue weighted by Gasteiger charge is 2.21. The van der Waals surface area contributed by atoms with Crippen LogP contribution in [0.3, 0.4) is 0 Å². The van der Waals surface area contributed by atoms with Gasteiger partial charge in [-0.2, -0.15) is 0 Å². The molecule has 0 aromatic rings. The van der Waals surface area contributed by atoms with Crippen LogP contribution in [0.2, 0.25) is 0 Å². The molecule has 3 N–H and O–H groups in total. The third-order valence-electron chi connectivity index (χ3n) is 2.59. The molecular weight excluding hydrogens is 150 g/mol. The Balaban J connectivity index is 3.76. The summed E-state index contributed by atoms with van der Waals surface area (Å²) in [6.45, 7) is 3.29. The van der Waals surface area contributed by atoms with Crippen molar-refractivity contribution in [2.75, 3.05) is 27.7 Å². The van der Waals surface area contributed by atoms with E-state index in [1.54, 1.807) is 0 Å². The first-order valence-electron chi connectivity index (χ1n) is 4.77. The van der Waals surface area contributed by atoms with Crippen LogP contribution in [-0.4, -0.2) is 33.4 Å². The van der Waals surface area contributed by atoms with E-state index in [2.05, 4.69) is 22.9 Å². The molecule has 74 valence electrons. The molecule has 3 nitrogen and oxygen atoms in total. The Hall–Kier alpha value is -0.120. The van der Waals surface area contributed by atoms with E-state index in [1.807, 2.05) is 21.1 Å². The lowest BCUT2D eigenvalue weighted by atomic mass is 10.0. The van der Waals surface area contributed by atoms with E-state index in [9.17, 15) is 0 Å². The first kappa shape index (κ1) is 11.9. The van der Waals surface area contributed by atoms with Crippen molar-refractivity contribution in [1.82, 2.24) is 16.0 Å². The lowest BCUT2D eigenvalue weighted by Crippen LogP contribution is -2.53. The van der Waals surface area contributed by atoms with Gasteiger partial charge in [-0.05, 0) is 47.0 Å². The Morgan fingerprint density at radius 2 is 1.67 bits per heavy atom. The van der Waals surface area contributed by atoms with Crippen LogP contribution in [0.5, 0.6) is 0 Å². The average molecular weight is 173 g/mol. The fourth-order valence-corrected chi connectivity index (χ4v) is 1.47. The minimum atomic E-state index is 0.136. The average Bonchev–Trinajstić information content (AvgIpc) is 2.14. The smallest absolute Gasteiger partial charge is 0.0680 e. The molecular formula is C9H23N3. The highest BCUT2D eigenvalue weighted by atomic mass is 15.2.